The van der Waals surface area contributed by atoms with Gasteiger partial charge in [0.25, 0.3) is 0 Å². The van der Waals surface area contributed by atoms with Crippen molar-refractivity contribution in [3.63, 3.8) is 0 Å². The van der Waals surface area contributed by atoms with Gasteiger partial charge in [-0.1, -0.05) is 0 Å². The second-order valence-corrected chi connectivity index (χ2v) is 11.0. The van der Waals surface area contributed by atoms with E-state index in [1.54, 1.807) is 0 Å². The molecule has 0 aromatic carbocycles. The van der Waals surface area contributed by atoms with Crippen LogP contribution in [0.5, 0.6) is 0 Å². The summed E-state index contributed by atoms with van der Waals surface area (Å²) >= 11 is -1.48. The standard InChI is InChI=1S/C7H16NO.2CH3.In/c1-6(2)7(9)5-8(3)4;;;/h6-7H,5H2,1-4H3;2*1H3;/q-1;;;+1. The van der Waals surface area contributed by atoms with Crippen LogP contribution in [0.3, 0.4) is 0 Å². The molecule has 0 N–H and O–H groups in total. The second-order valence-electron chi connectivity index (χ2n) is 4.23. The Bertz CT molecular complexity index is 105. The van der Waals surface area contributed by atoms with E-state index in [0.717, 1.165) is 6.54 Å². The van der Waals surface area contributed by atoms with Crippen LogP contribution in [-0.2, 0) is 2.85 Å². The van der Waals surface area contributed by atoms with Crippen LogP contribution in [0.2, 0.25) is 9.36 Å². The monoisotopic (exact) mass is 275 g/mol. The van der Waals surface area contributed by atoms with E-state index in [1.165, 1.54) is 0 Å². The molecule has 0 rings (SSSR count). The summed E-state index contributed by atoms with van der Waals surface area (Å²) in [6, 6.07) is 0. The molecule has 0 bridgehead atoms. The summed E-state index contributed by atoms with van der Waals surface area (Å²) in [5.74, 6) is 0.645. The minimum atomic E-state index is -1.48. The Hall–Kier alpha value is 0.790. The van der Waals surface area contributed by atoms with Gasteiger partial charge in [-0.25, -0.2) is 0 Å². The van der Waals surface area contributed by atoms with Gasteiger partial charge in [-0.2, -0.15) is 0 Å². The molecule has 0 aromatic heterocycles. The molecule has 0 amide bonds. The first-order chi connectivity index (χ1) is 5.43. The molecule has 0 aromatic rings. The van der Waals surface area contributed by atoms with Gasteiger partial charge >= 0.3 is 85.5 Å². The fraction of sp³-hybridized carbons (Fsp3) is 1.00. The molecular formula is C9H22InNO. The van der Waals surface area contributed by atoms with Crippen LogP contribution in [0.1, 0.15) is 13.8 Å². The number of hydrogen-bond donors (Lipinski definition) is 0. The van der Waals surface area contributed by atoms with Gasteiger partial charge < -0.3 is 0 Å². The van der Waals surface area contributed by atoms with Crippen molar-refractivity contribution in [3.8, 4) is 0 Å². The summed E-state index contributed by atoms with van der Waals surface area (Å²) in [5.41, 5.74) is 0. The topological polar surface area (TPSA) is 12.5 Å². The SMILES string of the molecule is CC(C)C(CN(C)C)[O][In]([CH3])[CH3]. The molecule has 0 fully saturated rings. The Kier molecular flexibility index (Phi) is 6.69. The number of nitrogens with zero attached hydrogens (tertiary/aromatic N) is 1. The van der Waals surface area contributed by atoms with Crippen molar-refractivity contribution in [1.82, 2.24) is 4.90 Å². The minimum absolute atomic E-state index is 0.454. The van der Waals surface area contributed by atoms with E-state index in [0.29, 0.717) is 12.0 Å². The van der Waals surface area contributed by atoms with Crippen molar-refractivity contribution in [2.24, 2.45) is 5.92 Å². The van der Waals surface area contributed by atoms with Crippen molar-refractivity contribution in [2.45, 2.75) is 29.3 Å². The third-order valence-electron chi connectivity index (χ3n) is 1.74. The molecule has 2 nitrogen and oxygen atoms in total. The summed E-state index contributed by atoms with van der Waals surface area (Å²) in [4.78, 5) is 2.21. The second kappa shape index (κ2) is 6.28. The summed E-state index contributed by atoms with van der Waals surface area (Å²) in [5, 5.41) is 0. The third-order valence-corrected chi connectivity index (χ3v) is 4.29. The molecule has 0 heterocycles. The molecule has 0 saturated carbocycles. The van der Waals surface area contributed by atoms with Gasteiger partial charge in [0.2, 0.25) is 0 Å². The van der Waals surface area contributed by atoms with Crippen molar-refractivity contribution in [3.05, 3.63) is 0 Å². The van der Waals surface area contributed by atoms with E-state index in [4.69, 9.17) is 2.85 Å². The van der Waals surface area contributed by atoms with Crippen molar-refractivity contribution >= 4 is 21.9 Å². The van der Waals surface area contributed by atoms with Gasteiger partial charge in [-0.15, -0.1) is 0 Å². The van der Waals surface area contributed by atoms with E-state index in [9.17, 15) is 0 Å². The zero-order valence-corrected chi connectivity index (χ0v) is 12.6. The Morgan fingerprint density at radius 2 is 1.75 bits per heavy atom. The molecule has 0 aliphatic heterocycles. The summed E-state index contributed by atoms with van der Waals surface area (Å²) in [6.07, 6.45) is 0.454. The molecule has 72 valence electrons. The average molecular weight is 275 g/mol. The molecule has 0 saturated heterocycles. The summed E-state index contributed by atoms with van der Waals surface area (Å²) in [7, 11) is 4.21. The molecule has 0 aliphatic carbocycles. The van der Waals surface area contributed by atoms with Crippen LogP contribution >= 0.6 is 0 Å². The predicted octanol–water partition coefficient (Wildman–Crippen LogP) is 1.84. The average Bonchev–Trinajstić information content (AvgIpc) is 1.83. The van der Waals surface area contributed by atoms with Crippen molar-refractivity contribution < 1.29 is 2.85 Å². The van der Waals surface area contributed by atoms with Crippen LogP contribution in [0.25, 0.3) is 0 Å². The van der Waals surface area contributed by atoms with Crippen LogP contribution < -0.4 is 0 Å². The van der Waals surface area contributed by atoms with Crippen LogP contribution in [-0.4, -0.2) is 53.5 Å². The molecule has 12 heavy (non-hydrogen) atoms. The molecule has 1 unspecified atom stereocenters. The van der Waals surface area contributed by atoms with Gasteiger partial charge in [0, 0.05) is 0 Å². The number of rotatable bonds is 5. The normalized spacial score (nSPS) is 14.0. The summed E-state index contributed by atoms with van der Waals surface area (Å²) in [6.45, 7) is 5.54. The first kappa shape index (κ1) is 12.8. The number of likely N-dealkylation sites (N-methyl/N-ethyl adjacent to an activating group) is 1. The summed E-state index contributed by atoms with van der Waals surface area (Å²) < 4.78 is 10.6. The Labute approximate surface area is 85.4 Å². The van der Waals surface area contributed by atoms with Gasteiger partial charge in [-0.05, 0) is 0 Å². The molecular weight excluding hydrogens is 253 g/mol. The van der Waals surface area contributed by atoms with E-state index in [2.05, 4.69) is 42.2 Å². The van der Waals surface area contributed by atoms with E-state index >= 15 is 0 Å². The van der Waals surface area contributed by atoms with Gasteiger partial charge in [0.15, 0.2) is 0 Å². The first-order valence-corrected chi connectivity index (χ1v) is 12.7. The molecule has 0 aliphatic rings. The Morgan fingerprint density at radius 3 is 2.00 bits per heavy atom. The van der Waals surface area contributed by atoms with Crippen LogP contribution in [0.15, 0.2) is 0 Å². The fourth-order valence-electron chi connectivity index (χ4n) is 1.12. The number of hydrogen-bond acceptors (Lipinski definition) is 2. The molecule has 3 heteroatoms. The van der Waals surface area contributed by atoms with Crippen molar-refractivity contribution in [2.75, 3.05) is 20.6 Å². The van der Waals surface area contributed by atoms with Crippen molar-refractivity contribution in [1.29, 1.82) is 0 Å². The van der Waals surface area contributed by atoms with E-state index in [-0.39, 0.29) is 0 Å². The van der Waals surface area contributed by atoms with E-state index in [1.807, 2.05) is 0 Å². The Morgan fingerprint density at radius 1 is 1.25 bits per heavy atom. The van der Waals surface area contributed by atoms with Crippen LogP contribution in [0, 0.1) is 5.92 Å². The van der Waals surface area contributed by atoms with Gasteiger partial charge in [0.05, 0.1) is 0 Å². The van der Waals surface area contributed by atoms with Crippen LogP contribution in [0.4, 0.5) is 0 Å². The fourth-order valence-corrected chi connectivity index (χ4v) is 4.26. The maximum absolute atomic E-state index is 5.99. The first-order valence-electron chi connectivity index (χ1n) is 4.73. The molecule has 1 atom stereocenters. The Balaban J connectivity index is 3.87. The van der Waals surface area contributed by atoms with Gasteiger partial charge in [0.1, 0.15) is 0 Å². The third kappa shape index (κ3) is 6.32. The predicted molar refractivity (Wildman–Crippen MR) is 55.7 cm³/mol. The van der Waals surface area contributed by atoms with E-state index < -0.39 is 21.9 Å². The molecule has 0 spiro atoms. The zero-order chi connectivity index (χ0) is 9.72. The quantitative estimate of drug-likeness (QED) is 0.759. The molecule has 0 radical (unpaired) electrons. The maximum atomic E-state index is 5.99. The zero-order valence-electron chi connectivity index (χ0n) is 9.29. The van der Waals surface area contributed by atoms with Gasteiger partial charge in [-0.3, -0.25) is 0 Å².